The molecule has 18 heavy (non-hydrogen) atoms. The molecule has 0 amide bonds. The molecule has 2 aliphatic carbocycles. The second-order valence-electron chi connectivity index (χ2n) is 6.63. The maximum absolute atomic E-state index is 3.60. The van der Waals surface area contributed by atoms with Gasteiger partial charge in [-0.25, -0.2) is 0 Å². The summed E-state index contributed by atoms with van der Waals surface area (Å²) in [5.41, 5.74) is 0. The van der Waals surface area contributed by atoms with Gasteiger partial charge in [-0.3, -0.25) is 4.90 Å². The van der Waals surface area contributed by atoms with Crippen LogP contribution < -0.4 is 5.32 Å². The Morgan fingerprint density at radius 1 is 0.778 bits per heavy atom. The quantitative estimate of drug-likeness (QED) is 0.799. The maximum atomic E-state index is 3.60. The van der Waals surface area contributed by atoms with E-state index in [2.05, 4.69) is 10.2 Å². The Morgan fingerprint density at radius 2 is 1.50 bits per heavy atom. The maximum Gasteiger partial charge on any atom is 0.0139 e. The van der Waals surface area contributed by atoms with E-state index in [0.29, 0.717) is 0 Å². The van der Waals surface area contributed by atoms with Crippen LogP contribution in [0.15, 0.2) is 0 Å². The highest BCUT2D eigenvalue weighted by Crippen LogP contribution is 2.44. The zero-order chi connectivity index (χ0) is 10.5. The van der Waals surface area contributed by atoms with E-state index in [1.807, 2.05) is 0 Å². The molecule has 0 aromatic rings. The molecule has 0 radical (unpaired) electrons. The number of rotatable bonds is 1. The fourth-order valence-electron chi connectivity index (χ4n) is 5.11. The highest BCUT2D eigenvalue weighted by molar-refractivity contribution is 5.85. The van der Waals surface area contributed by atoms with Crippen LogP contribution in [0.1, 0.15) is 32.1 Å². The molecular formula is C14H26Cl2N2. The summed E-state index contributed by atoms with van der Waals surface area (Å²) in [7, 11) is 0. The summed E-state index contributed by atoms with van der Waals surface area (Å²) in [5.74, 6) is 4.17. The highest BCUT2D eigenvalue weighted by Gasteiger charge is 2.46. The van der Waals surface area contributed by atoms with E-state index in [-0.39, 0.29) is 24.8 Å². The van der Waals surface area contributed by atoms with Gasteiger partial charge in [0.25, 0.3) is 0 Å². The van der Waals surface area contributed by atoms with E-state index in [0.717, 1.165) is 29.7 Å². The van der Waals surface area contributed by atoms with Gasteiger partial charge in [0.05, 0.1) is 0 Å². The highest BCUT2D eigenvalue weighted by atomic mass is 35.5. The summed E-state index contributed by atoms with van der Waals surface area (Å²) in [5, 5.41) is 3.60. The Morgan fingerprint density at radius 3 is 2.22 bits per heavy atom. The number of likely N-dealkylation sites (tertiary alicyclic amines) is 1. The molecular weight excluding hydrogens is 267 g/mol. The number of nitrogens with zero attached hydrogens (tertiary/aromatic N) is 1. The number of fused-ring (bicyclic) bond motifs is 2. The third-order valence-corrected chi connectivity index (χ3v) is 5.94. The van der Waals surface area contributed by atoms with Crippen molar-refractivity contribution in [3.05, 3.63) is 0 Å². The van der Waals surface area contributed by atoms with E-state index in [1.165, 1.54) is 58.3 Å². The monoisotopic (exact) mass is 292 g/mol. The lowest BCUT2D eigenvalue weighted by Crippen LogP contribution is -2.38. The molecule has 2 nitrogen and oxygen atoms in total. The second kappa shape index (κ2) is 5.87. The Bertz CT molecular complexity index is 275. The minimum absolute atomic E-state index is 0. The van der Waals surface area contributed by atoms with Crippen molar-refractivity contribution in [2.45, 2.75) is 38.1 Å². The van der Waals surface area contributed by atoms with Gasteiger partial charge in [0.1, 0.15) is 0 Å². The summed E-state index contributed by atoms with van der Waals surface area (Å²) in [6, 6.07) is 0.950. The van der Waals surface area contributed by atoms with Crippen molar-refractivity contribution in [3.8, 4) is 0 Å². The van der Waals surface area contributed by atoms with Crippen LogP contribution in [-0.4, -0.2) is 37.1 Å². The van der Waals surface area contributed by atoms with Crippen molar-refractivity contribution in [1.29, 1.82) is 0 Å². The first-order valence-electron chi connectivity index (χ1n) is 7.36. The smallest absolute Gasteiger partial charge is 0.0139 e. The van der Waals surface area contributed by atoms with Crippen molar-refractivity contribution < 1.29 is 0 Å². The van der Waals surface area contributed by atoms with E-state index in [1.54, 1.807) is 0 Å². The molecule has 5 atom stereocenters. The van der Waals surface area contributed by atoms with Crippen LogP contribution in [0.5, 0.6) is 0 Å². The zero-order valence-corrected chi connectivity index (χ0v) is 12.6. The average Bonchev–Trinajstić information content (AvgIpc) is 2.95. The molecule has 106 valence electrons. The summed E-state index contributed by atoms with van der Waals surface area (Å²) >= 11 is 0. The topological polar surface area (TPSA) is 15.3 Å². The lowest BCUT2D eigenvalue weighted by atomic mass is 9.97. The van der Waals surface area contributed by atoms with Crippen molar-refractivity contribution >= 4 is 24.8 Å². The molecule has 0 aromatic heterocycles. The first kappa shape index (κ1) is 14.9. The number of halogens is 2. The standard InChI is InChI=1S/C14H24N2.2ClH/c1-2-11-8-16(9-12(11)3-1)14-5-4-10-6-15-7-13(10)14;;/h10-15H,1-9H2;2*1H. The molecule has 4 rings (SSSR count). The molecule has 5 unspecified atom stereocenters. The predicted molar refractivity (Wildman–Crippen MR) is 79.8 cm³/mol. The Balaban J connectivity index is 0.000000602. The van der Waals surface area contributed by atoms with Gasteiger partial charge in [-0.2, -0.15) is 0 Å². The number of hydrogen-bond acceptors (Lipinski definition) is 2. The first-order chi connectivity index (χ1) is 7.92. The van der Waals surface area contributed by atoms with Crippen LogP contribution in [0.25, 0.3) is 0 Å². The second-order valence-corrected chi connectivity index (χ2v) is 6.63. The Labute approximate surface area is 123 Å². The average molecular weight is 293 g/mol. The number of nitrogens with one attached hydrogen (secondary N) is 1. The normalized spacial score (nSPS) is 46.3. The SMILES string of the molecule is C1CC2CN(C3CCC4CNCC43)CC2C1.Cl.Cl. The molecule has 0 aromatic carbocycles. The van der Waals surface area contributed by atoms with E-state index >= 15 is 0 Å². The van der Waals surface area contributed by atoms with Gasteiger partial charge in [0.15, 0.2) is 0 Å². The third kappa shape index (κ3) is 2.30. The van der Waals surface area contributed by atoms with Gasteiger partial charge >= 0.3 is 0 Å². The molecule has 1 N–H and O–H groups in total. The van der Waals surface area contributed by atoms with Gasteiger partial charge in [-0.1, -0.05) is 6.42 Å². The Hall–Kier alpha value is 0.500. The van der Waals surface area contributed by atoms with E-state index in [9.17, 15) is 0 Å². The van der Waals surface area contributed by atoms with E-state index in [4.69, 9.17) is 0 Å². The van der Waals surface area contributed by atoms with Crippen molar-refractivity contribution in [1.82, 2.24) is 10.2 Å². The third-order valence-electron chi connectivity index (χ3n) is 5.94. The minimum atomic E-state index is 0. The lowest BCUT2D eigenvalue weighted by Gasteiger charge is -2.29. The fourth-order valence-corrected chi connectivity index (χ4v) is 5.11. The van der Waals surface area contributed by atoms with Crippen LogP contribution in [0, 0.1) is 23.7 Å². The van der Waals surface area contributed by atoms with Gasteiger partial charge in [0, 0.05) is 19.1 Å². The molecule has 4 fully saturated rings. The summed E-state index contributed by atoms with van der Waals surface area (Å²) in [4.78, 5) is 2.88. The van der Waals surface area contributed by atoms with Crippen LogP contribution in [0.2, 0.25) is 0 Å². The van der Waals surface area contributed by atoms with Crippen LogP contribution in [-0.2, 0) is 0 Å². The Kier molecular flexibility index (Phi) is 4.86. The van der Waals surface area contributed by atoms with Crippen LogP contribution >= 0.6 is 24.8 Å². The minimum Gasteiger partial charge on any atom is -0.316 e. The van der Waals surface area contributed by atoms with Gasteiger partial charge in [-0.05, 0) is 62.4 Å². The fraction of sp³-hybridized carbons (Fsp3) is 1.00. The van der Waals surface area contributed by atoms with Crippen molar-refractivity contribution in [3.63, 3.8) is 0 Å². The molecule has 0 spiro atoms. The molecule has 2 saturated heterocycles. The summed E-state index contributed by atoms with van der Waals surface area (Å²) < 4.78 is 0. The molecule has 4 aliphatic rings. The predicted octanol–water partition coefficient (Wildman–Crippen LogP) is 2.56. The zero-order valence-electron chi connectivity index (χ0n) is 11.0. The molecule has 2 saturated carbocycles. The van der Waals surface area contributed by atoms with Gasteiger partial charge < -0.3 is 5.32 Å². The summed E-state index contributed by atoms with van der Waals surface area (Å²) in [6.45, 7) is 5.50. The van der Waals surface area contributed by atoms with Crippen LogP contribution in [0.3, 0.4) is 0 Å². The largest absolute Gasteiger partial charge is 0.316 e. The van der Waals surface area contributed by atoms with Gasteiger partial charge in [-0.15, -0.1) is 24.8 Å². The van der Waals surface area contributed by atoms with Crippen LogP contribution in [0.4, 0.5) is 0 Å². The number of hydrogen-bond donors (Lipinski definition) is 1. The molecule has 2 aliphatic heterocycles. The molecule has 0 bridgehead atoms. The lowest BCUT2D eigenvalue weighted by molar-refractivity contribution is 0.182. The molecule has 4 heteroatoms. The van der Waals surface area contributed by atoms with Crippen molar-refractivity contribution in [2.24, 2.45) is 23.7 Å². The van der Waals surface area contributed by atoms with Gasteiger partial charge in [0.2, 0.25) is 0 Å². The van der Waals surface area contributed by atoms with Crippen molar-refractivity contribution in [2.75, 3.05) is 26.2 Å². The first-order valence-corrected chi connectivity index (χ1v) is 7.36. The molecule has 2 heterocycles. The summed E-state index contributed by atoms with van der Waals surface area (Å²) in [6.07, 6.45) is 7.56. The van der Waals surface area contributed by atoms with E-state index < -0.39 is 0 Å².